The van der Waals surface area contributed by atoms with E-state index in [1.807, 2.05) is 0 Å². The van der Waals surface area contributed by atoms with Crippen molar-refractivity contribution in [1.29, 1.82) is 0 Å². The maximum absolute atomic E-state index is 10.9. The van der Waals surface area contributed by atoms with Gasteiger partial charge in [0.15, 0.2) is 5.69 Å². The second-order valence-electron chi connectivity index (χ2n) is 4.56. The summed E-state index contributed by atoms with van der Waals surface area (Å²) in [6.07, 6.45) is 3.51. The van der Waals surface area contributed by atoms with Gasteiger partial charge in [-0.1, -0.05) is 13.3 Å². The van der Waals surface area contributed by atoms with Gasteiger partial charge >= 0.3 is 5.97 Å². The monoisotopic (exact) mass is 235 g/mol. The standard InChI is InChI=1S/C12H17N3O2/c1-3-4-8-6-9(8)14-12-13-7(2)5-10(15-12)11(16)17/h5,8-9H,3-4,6H2,1-2H3,(H,16,17)(H,13,14,15). The zero-order chi connectivity index (χ0) is 12.4. The topological polar surface area (TPSA) is 75.1 Å². The van der Waals surface area contributed by atoms with E-state index in [0.717, 1.165) is 6.42 Å². The van der Waals surface area contributed by atoms with Crippen LogP contribution < -0.4 is 5.32 Å². The molecule has 2 rings (SSSR count). The van der Waals surface area contributed by atoms with Crippen molar-refractivity contribution in [1.82, 2.24) is 9.97 Å². The summed E-state index contributed by atoms with van der Waals surface area (Å²) >= 11 is 0. The summed E-state index contributed by atoms with van der Waals surface area (Å²) < 4.78 is 0. The Morgan fingerprint density at radius 1 is 1.59 bits per heavy atom. The van der Waals surface area contributed by atoms with Gasteiger partial charge in [-0.15, -0.1) is 0 Å². The van der Waals surface area contributed by atoms with Gasteiger partial charge in [0, 0.05) is 11.7 Å². The molecule has 0 saturated heterocycles. The van der Waals surface area contributed by atoms with Gasteiger partial charge in [0.2, 0.25) is 5.95 Å². The van der Waals surface area contributed by atoms with Crippen molar-refractivity contribution in [2.45, 2.75) is 39.2 Å². The van der Waals surface area contributed by atoms with Crippen LogP contribution in [0, 0.1) is 12.8 Å². The molecule has 0 amide bonds. The number of nitrogens with zero attached hydrogens (tertiary/aromatic N) is 2. The smallest absolute Gasteiger partial charge is 0.354 e. The van der Waals surface area contributed by atoms with E-state index in [1.54, 1.807) is 6.92 Å². The Balaban J connectivity index is 2.04. The third-order valence-electron chi connectivity index (χ3n) is 2.97. The number of anilines is 1. The number of aryl methyl sites for hydroxylation is 1. The number of carboxylic acids is 1. The summed E-state index contributed by atoms with van der Waals surface area (Å²) in [5, 5.41) is 12.1. The van der Waals surface area contributed by atoms with E-state index in [-0.39, 0.29) is 5.69 Å². The molecule has 0 aromatic carbocycles. The van der Waals surface area contributed by atoms with E-state index < -0.39 is 5.97 Å². The zero-order valence-electron chi connectivity index (χ0n) is 10.1. The van der Waals surface area contributed by atoms with E-state index >= 15 is 0 Å². The van der Waals surface area contributed by atoms with Crippen molar-refractivity contribution in [3.8, 4) is 0 Å². The van der Waals surface area contributed by atoms with Crippen molar-refractivity contribution in [3.05, 3.63) is 17.5 Å². The lowest BCUT2D eigenvalue weighted by Gasteiger charge is -2.05. The van der Waals surface area contributed by atoms with Crippen LogP contribution in [0.15, 0.2) is 6.07 Å². The Kier molecular flexibility index (Phi) is 3.26. The summed E-state index contributed by atoms with van der Waals surface area (Å²) in [6.45, 7) is 3.94. The molecule has 1 aromatic rings. The highest BCUT2D eigenvalue weighted by atomic mass is 16.4. The Hall–Kier alpha value is -1.65. The average molecular weight is 235 g/mol. The molecule has 0 aliphatic heterocycles. The van der Waals surface area contributed by atoms with E-state index in [4.69, 9.17) is 5.11 Å². The van der Waals surface area contributed by atoms with Gasteiger partial charge in [-0.25, -0.2) is 14.8 Å². The number of aromatic nitrogens is 2. The number of nitrogens with one attached hydrogen (secondary N) is 1. The maximum atomic E-state index is 10.9. The first-order valence-electron chi connectivity index (χ1n) is 5.95. The number of hydrogen-bond donors (Lipinski definition) is 2. The van der Waals surface area contributed by atoms with Crippen molar-refractivity contribution < 1.29 is 9.90 Å². The Morgan fingerprint density at radius 3 is 3.00 bits per heavy atom. The predicted molar refractivity (Wildman–Crippen MR) is 64.2 cm³/mol. The van der Waals surface area contributed by atoms with E-state index in [1.165, 1.54) is 18.9 Å². The van der Waals surface area contributed by atoms with Crippen LogP contribution in [-0.2, 0) is 0 Å². The first kappa shape index (κ1) is 11.8. The van der Waals surface area contributed by atoms with Gasteiger partial charge < -0.3 is 10.4 Å². The van der Waals surface area contributed by atoms with E-state index in [9.17, 15) is 4.79 Å². The average Bonchev–Trinajstić information content (AvgIpc) is 2.96. The highest BCUT2D eigenvalue weighted by Gasteiger charge is 2.36. The molecule has 2 atom stereocenters. The molecule has 0 spiro atoms. The van der Waals surface area contributed by atoms with Crippen LogP contribution in [-0.4, -0.2) is 27.1 Å². The number of aromatic carboxylic acids is 1. The molecule has 1 aromatic heterocycles. The summed E-state index contributed by atoms with van der Waals surface area (Å²) in [7, 11) is 0. The third kappa shape index (κ3) is 2.93. The molecule has 1 aliphatic rings. The quantitative estimate of drug-likeness (QED) is 0.817. The third-order valence-corrected chi connectivity index (χ3v) is 2.97. The summed E-state index contributed by atoms with van der Waals surface area (Å²) in [6, 6.07) is 1.89. The van der Waals surface area contributed by atoms with Crippen LogP contribution in [0.1, 0.15) is 42.4 Å². The summed E-state index contributed by atoms with van der Waals surface area (Å²) in [4.78, 5) is 19.0. The minimum absolute atomic E-state index is 0.0488. The highest BCUT2D eigenvalue weighted by Crippen LogP contribution is 2.36. The fourth-order valence-corrected chi connectivity index (χ4v) is 2.02. The lowest BCUT2D eigenvalue weighted by Crippen LogP contribution is -2.11. The minimum atomic E-state index is -1.01. The molecule has 2 unspecified atom stereocenters. The van der Waals surface area contributed by atoms with Gasteiger partial charge in [0.25, 0.3) is 0 Å². The van der Waals surface area contributed by atoms with Crippen LogP contribution in [0.25, 0.3) is 0 Å². The molecule has 5 nitrogen and oxygen atoms in total. The Labute approximate surface area is 100 Å². The van der Waals surface area contributed by atoms with Gasteiger partial charge in [0.05, 0.1) is 0 Å². The van der Waals surface area contributed by atoms with Gasteiger partial charge in [-0.3, -0.25) is 0 Å². The van der Waals surface area contributed by atoms with Crippen LogP contribution in [0.3, 0.4) is 0 Å². The largest absolute Gasteiger partial charge is 0.477 e. The Bertz CT molecular complexity index is 434. The summed E-state index contributed by atoms with van der Waals surface area (Å²) in [5.41, 5.74) is 0.722. The predicted octanol–water partition coefficient (Wildman–Crippen LogP) is 2.08. The number of carbonyl (C=O) groups is 1. The first-order chi connectivity index (χ1) is 8.10. The molecule has 17 heavy (non-hydrogen) atoms. The van der Waals surface area contributed by atoms with Crippen molar-refractivity contribution in [2.24, 2.45) is 5.92 Å². The van der Waals surface area contributed by atoms with Crippen LogP contribution in [0.2, 0.25) is 0 Å². The van der Waals surface area contributed by atoms with Crippen molar-refractivity contribution in [3.63, 3.8) is 0 Å². The molecule has 1 saturated carbocycles. The molecular weight excluding hydrogens is 218 g/mol. The molecular formula is C12H17N3O2. The molecule has 2 N–H and O–H groups in total. The zero-order valence-corrected chi connectivity index (χ0v) is 10.1. The van der Waals surface area contributed by atoms with Crippen LogP contribution in [0.5, 0.6) is 0 Å². The Morgan fingerprint density at radius 2 is 2.35 bits per heavy atom. The van der Waals surface area contributed by atoms with Gasteiger partial charge in [-0.05, 0) is 31.7 Å². The lowest BCUT2D eigenvalue weighted by atomic mass is 10.2. The minimum Gasteiger partial charge on any atom is -0.477 e. The van der Waals surface area contributed by atoms with E-state index in [0.29, 0.717) is 23.6 Å². The highest BCUT2D eigenvalue weighted by molar-refractivity contribution is 5.85. The summed E-state index contributed by atoms with van der Waals surface area (Å²) in [5.74, 6) is 0.114. The number of hydrogen-bond acceptors (Lipinski definition) is 4. The molecule has 5 heteroatoms. The second-order valence-corrected chi connectivity index (χ2v) is 4.56. The lowest BCUT2D eigenvalue weighted by molar-refractivity contribution is 0.0690. The second kappa shape index (κ2) is 4.69. The molecule has 1 fully saturated rings. The SMILES string of the molecule is CCCC1CC1Nc1nc(C)cc(C(=O)O)n1. The fourth-order valence-electron chi connectivity index (χ4n) is 2.02. The fraction of sp³-hybridized carbons (Fsp3) is 0.583. The number of rotatable bonds is 5. The molecule has 1 aliphatic carbocycles. The van der Waals surface area contributed by atoms with Crippen molar-refractivity contribution >= 4 is 11.9 Å². The molecule has 1 heterocycles. The first-order valence-corrected chi connectivity index (χ1v) is 5.95. The van der Waals surface area contributed by atoms with Crippen LogP contribution in [0.4, 0.5) is 5.95 Å². The maximum Gasteiger partial charge on any atom is 0.354 e. The molecule has 92 valence electrons. The molecule has 0 radical (unpaired) electrons. The van der Waals surface area contributed by atoms with Gasteiger partial charge in [-0.2, -0.15) is 0 Å². The van der Waals surface area contributed by atoms with Crippen molar-refractivity contribution in [2.75, 3.05) is 5.32 Å². The molecule has 0 bridgehead atoms. The van der Waals surface area contributed by atoms with E-state index in [2.05, 4.69) is 22.2 Å². The number of carboxylic acid groups (broad SMARTS) is 1. The van der Waals surface area contributed by atoms with Gasteiger partial charge in [0.1, 0.15) is 0 Å². The normalized spacial score (nSPS) is 22.2. The van der Waals surface area contributed by atoms with Crippen LogP contribution >= 0.6 is 0 Å².